The molecule has 0 saturated carbocycles. The van der Waals surface area contributed by atoms with Crippen molar-refractivity contribution in [3.63, 3.8) is 0 Å². The van der Waals surface area contributed by atoms with Crippen molar-refractivity contribution in [1.29, 1.82) is 0 Å². The van der Waals surface area contributed by atoms with Crippen LogP contribution in [0.4, 0.5) is 4.79 Å². The molecule has 5 nitrogen and oxygen atoms in total. The van der Waals surface area contributed by atoms with E-state index in [1.807, 2.05) is 0 Å². The molecule has 0 radical (unpaired) electrons. The van der Waals surface area contributed by atoms with Gasteiger partial charge in [-0.1, -0.05) is 13.8 Å². The number of carbonyl (C=O) groups excluding carboxylic acids is 2. The minimum atomic E-state index is -0.146. The van der Waals surface area contributed by atoms with Gasteiger partial charge in [0.1, 0.15) is 5.94 Å². The highest BCUT2D eigenvalue weighted by Gasteiger charge is 2.01. The Hall–Kier alpha value is -1.32. The van der Waals surface area contributed by atoms with Crippen LogP contribution in [0.1, 0.15) is 26.7 Å². The maximum Gasteiger partial charge on any atom is 0.314 e. The standard InChI is InChI=1S/C12H23N3O2/c1-3-15(4-2)10-9-14-12(17)13-8-6-5-7-11-16/h7H,3-6,8-10H2,1-2H3,(H2,13,14,17). The van der Waals surface area contributed by atoms with Gasteiger partial charge in [0.25, 0.3) is 0 Å². The van der Waals surface area contributed by atoms with Gasteiger partial charge in [0.15, 0.2) is 0 Å². The number of likely N-dealkylation sites (N-methyl/N-ethyl adjacent to an activating group) is 1. The Kier molecular flexibility index (Phi) is 10.3. The van der Waals surface area contributed by atoms with Gasteiger partial charge in [-0.3, -0.25) is 0 Å². The Labute approximate surface area is 103 Å². The third-order valence-corrected chi connectivity index (χ3v) is 2.50. The molecular weight excluding hydrogens is 218 g/mol. The van der Waals surface area contributed by atoms with Crippen molar-refractivity contribution < 1.29 is 9.59 Å². The van der Waals surface area contributed by atoms with Crippen LogP contribution in [-0.2, 0) is 4.79 Å². The lowest BCUT2D eigenvalue weighted by Gasteiger charge is -2.18. The number of urea groups is 1. The van der Waals surface area contributed by atoms with E-state index in [1.165, 1.54) is 6.08 Å². The first-order valence-corrected chi connectivity index (χ1v) is 6.18. The molecule has 2 N–H and O–H groups in total. The van der Waals surface area contributed by atoms with Crippen LogP contribution in [0.25, 0.3) is 0 Å². The van der Waals surface area contributed by atoms with Gasteiger partial charge in [-0.05, 0) is 32.0 Å². The second kappa shape index (κ2) is 11.2. The molecule has 17 heavy (non-hydrogen) atoms. The molecule has 0 aliphatic rings. The summed E-state index contributed by atoms with van der Waals surface area (Å²) < 4.78 is 0. The molecule has 0 aliphatic heterocycles. The number of rotatable bonds is 9. The predicted molar refractivity (Wildman–Crippen MR) is 68.7 cm³/mol. The van der Waals surface area contributed by atoms with Gasteiger partial charge in [0.2, 0.25) is 0 Å². The summed E-state index contributed by atoms with van der Waals surface area (Å²) in [6, 6.07) is -0.146. The average Bonchev–Trinajstić information content (AvgIpc) is 2.34. The summed E-state index contributed by atoms with van der Waals surface area (Å²) in [6.45, 7) is 8.30. The molecule has 0 saturated heterocycles. The van der Waals surface area contributed by atoms with Crippen LogP contribution in [0.3, 0.4) is 0 Å². The van der Waals surface area contributed by atoms with Crippen LogP contribution >= 0.6 is 0 Å². The fourth-order valence-electron chi connectivity index (χ4n) is 1.39. The van der Waals surface area contributed by atoms with E-state index in [2.05, 4.69) is 29.4 Å². The maximum absolute atomic E-state index is 11.3. The van der Waals surface area contributed by atoms with Crippen molar-refractivity contribution in [3.8, 4) is 0 Å². The van der Waals surface area contributed by atoms with Gasteiger partial charge in [-0.25, -0.2) is 9.59 Å². The molecule has 0 heterocycles. The van der Waals surface area contributed by atoms with E-state index >= 15 is 0 Å². The second-order valence-corrected chi connectivity index (χ2v) is 3.67. The summed E-state index contributed by atoms with van der Waals surface area (Å²) in [5.74, 6) is 1.71. The van der Waals surface area contributed by atoms with Crippen molar-refractivity contribution >= 4 is 12.0 Å². The van der Waals surface area contributed by atoms with Crippen molar-refractivity contribution in [2.24, 2.45) is 0 Å². The van der Waals surface area contributed by atoms with E-state index in [0.717, 1.165) is 26.1 Å². The zero-order chi connectivity index (χ0) is 12.9. The first kappa shape index (κ1) is 15.7. The third kappa shape index (κ3) is 9.60. The molecular formula is C12H23N3O2. The Balaban J connectivity index is 3.43. The molecule has 0 aromatic heterocycles. The highest BCUT2D eigenvalue weighted by Crippen LogP contribution is 1.86. The SMILES string of the molecule is CCN(CC)CCNC(=O)NCCCC=C=O. The highest BCUT2D eigenvalue weighted by molar-refractivity contribution is 5.73. The first-order valence-electron chi connectivity index (χ1n) is 6.18. The van der Waals surface area contributed by atoms with Gasteiger partial charge >= 0.3 is 6.03 Å². The molecule has 98 valence electrons. The Morgan fingerprint density at radius 1 is 1.24 bits per heavy atom. The topological polar surface area (TPSA) is 61.4 Å². The van der Waals surface area contributed by atoms with Crippen LogP contribution in [0, 0.1) is 0 Å². The van der Waals surface area contributed by atoms with E-state index < -0.39 is 0 Å². The van der Waals surface area contributed by atoms with Crippen LogP contribution in [0.2, 0.25) is 0 Å². The Bertz CT molecular complexity index is 246. The van der Waals surface area contributed by atoms with Crippen molar-refractivity contribution in [1.82, 2.24) is 15.5 Å². The largest absolute Gasteiger partial charge is 0.338 e. The molecule has 0 bridgehead atoms. The van der Waals surface area contributed by atoms with E-state index in [1.54, 1.807) is 5.94 Å². The van der Waals surface area contributed by atoms with Crippen molar-refractivity contribution in [2.45, 2.75) is 26.7 Å². The lowest BCUT2D eigenvalue weighted by molar-refractivity contribution is 0.237. The molecule has 0 aromatic rings. The highest BCUT2D eigenvalue weighted by atomic mass is 16.2. The van der Waals surface area contributed by atoms with Gasteiger partial charge in [0.05, 0.1) is 0 Å². The zero-order valence-corrected chi connectivity index (χ0v) is 10.8. The lowest BCUT2D eigenvalue weighted by Crippen LogP contribution is -2.40. The van der Waals surface area contributed by atoms with Gasteiger partial charge < -0.3 is 15.5 Å². The average molecular weight is 241 g/mol. The number of amides is 2. The molecule has 0 atom stereocenters. The molecule has 2 amide bonds. The number of hydrogen-bond acceptors (Lipinski definition) is 3. The van der Waals surface area contributed by atoms with Gasteiger partial charge in [-0.2, -0.15) is 0 Å². The summed E-state index contributed by atoms with van der Waals surface area (Å²) in [4.78, 5) is 23.4. The normalized spacial score (nSPS) is 9.82. The summed E-state index contributed by atoms with van der Waals surface area (Å²) in [5, 5.41) is 5.53. The zero-order valence-electron chi connectivity index (χ0n) is 10.8. The fourth-order valence-corrected chi connectivity index (χ4v) is 1.39. The first-order chi connectivity index (χ1) is 8.24. The molecule has 0 fully saturated rings. The molecule has 0 spiro atoms. The van der Waals surface area contributed by atoms with Crippen LogP contribution < -0.4 is 10.6 Å². The Morgan fingerprint density at radius 3 is 2.47 bits per heavy atom. The van der Waals surface area contributed by atoms with E-state index in [4.69, 9.17) is 0 Å². The molecule has 0 aromatic carbocycles. The minimum Gasteiger partial charge on any atom is -0.338 e. The summed E-state index contributed by atoms with van der Waals surface area (Å²) >= 11 is 0. The second-order valence-electron chi connectivity index (χ2n) is 3.67. The molecule has 0 unspecified atom stereocenters. The number of carbonyl (C=O) groups is 1. The van der Waals surface area contributed by atoms with Crippen molar-refractivity contribution in [2.75, 3.05) is 32.7 Å². The van der Waals surface area contributed by atoms with Gasteiger partial charge in [0, 0.05) is 19.6 Å². The van der Waals surface area contributed by atoms with E-state index in [-0.39, 0.29) is 6.03 Å². The smallest absolute Gasteiger partial charge is 0.314 e. The predicted octanol–water partition coefficient (Wildman–Crippen LogP) is 0.795. The maximum atomic E-state index is 11.3. The minimum absolute atomic E-state index is 0.146. The van der Waals surface area contributed by atoms with Crippen LogP contribution in [-0.4, -0.2) is 49.6 Å². The number of unbranched alkanes of at least 4 members (excludes halogenated alkanes) is 1. The van der Waals surface area contributed by atoms with Gasteiger partial charge in [-0.15, -0.1) is 0 Å². The number of hydrogen-bond donors (Lipinski definition) is 2. The molecule has 5 heteroatoms. The monoisotopic (exact) mass is 241 g/mol. The third-order valence-electron chi connectivity index (χ3n) is 2.50. The quantitative estimate of drug-likeness (QED) is 0.463. The molecule has 0 aliphatic carbocycles. The summed E-state index contributed by atoms with van der Waals surface area (Å²) in [7, 11) is 0. The van der Waals surface area contributed by atoms with Crippen LogP contribution in [0.15, 0.2) is 6.08 Å². The summed E-state index contributed by atoms with van der Waals surface area (Å²) in [6.07, 6.45) is 2.85. The molecule has 0 rings (SSSR count). The van der Waals surface area contributed by atoms with E-state index in [0.29, 0.717) is 19.5 Å². The van der Waals surface area contributed by atoms with Crippen LogP contribution in [0.5, 0.6) is 0 Å². The summed E-state index contributed by atoms with van der Waals surface area (Å²) in [5.41, 5.74) is 0. The number of nitrogens with zero attached hydrogens (tertiary/aromatic N) is 1. The van der Waals surface area contributed by atoms with E-state index in [9.17, 15) is 9.59 Å². The lowest BCUT2D eigenvalue weighted by atomic mass is 10.3. The number of allylic oxidation sites excluding steroid dienone is 1. The Morgan fingerprint density at radius 2 is 1.88 bits per heavy atom. The number of nitrogens with one attached hydrogen (secondary N) is 2. The fraction of sp³-hybridized carbons (Fsp3) is 0.750. The van der Waals surface area contributed by atoms with Crippen molar-refractivity contribution in [3.05, 3.63) is 6.08 Å².